The number of nitro groups is 1. The minimum absolute atomic E-state index is 0.00940. The summed E-state index contributed by atoms with van der Waals surface area (Å²) in [5, 5.41) is 14.1. The van der Waals surface area contributed by atoms with E-state index in [4.69, 9.17) is 0 Å². The molecule has 10 heteroatoms. The second-order valence-corrected chi connectivity index (χ2v) is 10.5. The number of carbonyl (C=O) groups excluding carboxylic acids is 1. The van der Waals surface area contributed by atoms with E-state index >= 15 is 0 Å². The fourth-order valence-corrected chi connectivity index (χ4v) is 5.75. The molecule has 0 fully saturated rings. The molecule has 0 radical (unpaired) electrons. The largest absolute Gasteiger partial charge is 0.323 e. The summed E-state index contributed by atoms with van der Waals surface area (Å²) in [6.45, 7) is -0.581. The standard InChI is InChI=1S/C26H21N3O5S2/c30-26(27-24-16-7-8-17-25(24)35-22-12-3-1-4-13-22)19-28(20-10-9-11-21(18-20)29(31)32)36(33,34)23-14-5-2-6-15-23/h1-18H,19H2,(H,27,30). The van der Waals surface area contributed by atoms with Crippen molar-refractivity contribution in [2.24, 2.45) is 0 Å². The first-order valence-corrected chi connectivity index (χ1v) is 13.0. The van der Waals surface area contributed by atoms with Crippen molar-refractivity contribution in [2.45, 2.75) is 14.7 Å². The van der Waals surface area contributed by atoms with E-state index in [0.29, 0.717) is 5.69 Å². The molecule has 0 saturated heterocycles. The number of anilines is 2. The van der Waals surface area contributed by atoms with E-state index in [1.807, 2.05) is 42.5 Å². The SMILES string of the molecule is O=C(CN(c1cccc([N+](=O)[O-])c1)S(=O)(=O)c1ccccc1)Nc1ccccc1Sc1ccccc1. The molecule has 1 amide bonds. The molecular weight excluding hydrogens is 498 g/mol. The number of non-ortho nitro benzene ring substituents is 1. The van der Waals surface area contributed by atoms with E-state index in [1.165, 1.54) is 42.1 Å². The average Bonchev–Trinajstić information content (AvgIpc) is 2.89. The first-order valence-electron chi connectivity index (χ1n) is 10.8. The van der Waals surface area contributed by atoms with Crippen molar-refractivity contribution in [2.75, 3.05) is 16.2 Å². The predicted octanol–water partition coefficient (Wildman–Crippen LogP) is 5.58. The summed E-state index contributed by atoms with van der Waals surface area (Å²) in [7, 11) is -4.20. The number of nitro benzene ring substituents is 1. The number of carbonyl (C=O) groups is 1. The molecule has 0 heterocycles. The Kier molecular flexibility index (Phi) is 7.67. The monoisotopic (exact) mass is 519 g/mol. The van der Waals surface area contributed by atoms with Crippen LogP contribution in [-0.2, 0) is 14.8 Å². The number of benzene rings is 4. The molecule has 0 spiro atoms. The average molecular weight is 520 g/mol. The third-order valence-electron chi connectivity index (χ3n) is 5.08. The summed E-state index contributed by atoms with van der Waals surface area (Å²) >= 11 is 1.46. The number of hydrogen-bond donors (Lipinski definition) is 1. The van der Waals surface area contributed by atoms with Crippen molar-refractivity contribution in [3.05, 3.63) is 119 Å². The Hall–Kier alpha value is -4.15. The van der Waals surface area contributed by atoms with Gasteiger partial charge in [0.15, 0.2) is 0 Å². The maximum absolute atomic E-state index is 13.5. The molecule has 1 N–H and O–H groups in total. The molecule has 0 aliphatic rings. The summed E-state index contributed by atoms with van der Waals surface area (Å²) in [5.41, 5.74) is 0.244. The molecule has 0 aromatic heterocycles. The number of amides is 1. The highest BCUT2D eigenvalue weighted by molar-refractivity contribution is 7.99. The second-order valence-electron chi connectivity index (χ2n) is 7.56. The van der Waals surface area contributed by atoms with Crippen molar-refractivity contribution in [1.29, 1.82) is 0 Å². The Bertz CT molecular complexity index is 1480. The van der Waals surface area contributed by atoms with E-state index in [9.17, 15) is 23.3 Å². The van der Waals surface area contributed by atoms with Gasteiger partial charge in [0.1, 0.15) is 6.54 Å². The van der Waals surface area contributed by atoms with Crippen LogP contribution in [-0.4, -0.2) is 25.8 Å². The van der Waals surface area contributed by atoms with Crippen LogP contribution in [0.15, 0.2) is 124 Å². The lowest BCUT2D eigenvalue weighted by atomic mass is 10.3. The van der Waals surface area contributed by atoms with Gasteiger partial charge in [-0.15, -0.1) is 0 Å². The van der Waals surface area contributed by atoms with Gasteiger partial charge in [-0.3, -0.25) is 19.2 Å². The Morgan fingerprint density at radius 1 is 0.861 bits per heavy atom. The number of sulfonamides is 1. The quantitative estimate of drug-likeness (QED) is 0.228. The lowest BCUT2D eigenvalue weighted by Gasteiger charge is -2.24. The van der Waals surface area contributed by atoms with Crippen LogP contribution in [0.3, 0.4) is 0 Å². The van der Waals surface area contributed by atoms with Gasteiger partial charge < -0.3 is 5.32 Å². The van der Waals surface area contributed by atoms with Crippen molar-refractivity contribution < 1.29 is 18.1 Å². The second kappa shape index (κ2) is 11.1. The van der Waals surface area contributed by atoms with Gasteiger partial charge in [0.2, 0.25) is 5.91 Å². The number of para-hydroxylation sites is 1. The zero-order valence-corrected chi connectivity index (χ0v) is 20.5. The molecule has 0 bridgehead atoms. The molecule has 4 rings (SSSR count). The van der Waals surface area contributed by atoms with E-state index in [-0.39, 0.29) is 16.3 Å². The molecule has 4 aromatic carbocycles. The molecule has 182 valence electrons. The minimum Gasteiger partial charge on any atom is -0.323 e. The lowest BCUT2D eigenvalue weighted by molar-refractivity contribution is -0.384. The van der Waals surface area contributed by atoms with Gasteiger partial charge >= 0.3 is 0 Å². The van der Waals surface area contributed by atoms with E-state index < -0.39 is 27.4 Å². The summed E-state index contributed by atoms with van der Waals surface area (Å²) in [4.78, 5) is 25.5. The van der Waals surface area contributed by atoms with Gasteiger partial charge in [0.25, 0.3) is 15.7 Å². The number of hydrogen-bond acceptors (Lipinski definition) is 6. The molecule has 0 aliphatic heterocycles. The Morgan fingerprint density at radius 3 is 2.19 bits per heavy atom. The van der Waals surface area contributed by atoms with E-state index in [0.717, 1.165) is 20.2 Å². The highest BCUT2D eigenvalue weighted by atomic mass is 32.2. The molecule has 0 unspecified atom stereocenters. The van der Waals surface area contributed by atoms with Crippen molar-refractivity contribution in [3.8, 4) is 0 Å². The molecule has 4 aromatic rings. The van der Waals surface area contributed by atoms with Gasteiger partial charge in [-0.05, 0) is 42.5 Å². The van der Waals surface area contributed by atoms with Crippen LogP contribution in [0, 0.1) is 10.1 Å². The van der Waals surface area contributed by atoms with Crippen LogP contribution < -0.4 is 9.62 Å². The maximum Gasteiger partial charge on any atom is 0.271 e. The smallest absolute Gasteiger partial charge is 0.271 e. The molecule has 8 nitrogen and oxygen atoms in total. The highest BCUT2D eigenvalue weighted by Gasteiger charge is 2.28. The number of nitrogens with zero attached hydrogens (tertiary/aromatic N) is 2. The van der Waals surface area contributed by atoms with Crippen LogP contribution in [0.5, 0.6) is 0 Å². The number of nitrogens with one attached hydrogen (secondary N) is 1. The lowest BCUT2D eigenvalue weighted by Crippen LogP contribution is -2.38. The van der Waals surface area contributed by atoms with Crippen molar-refractivity contribution >= 4 is 44.8 Å². The van der Waals surface area contributed by atoms with Gasteiger partial charge in [-0.25, -0.2) is 8.42 Å². The Labute approximate surface area is 212 Å². The summed E-state index contributed by atoms with van der Waals surface area (Å²) in [5.74, 6) is -0.595. The van der Waals surface area contributed by atoms with E-state index in [2.05, 4.69) is 5.32 Å². The van der Waals surface area contributed by atoms with Gasteiger partial charge in [0.05, 0.1) is 21.2 Å². The van der Waals surface area contributed by atoms with Crippen LogP contribution in [0.25, 0.3) is 0 Å². The first-order chi connectivity index (χ1) is 17.3. The predicted molar refractivity (Wildman–Crippen MR) is 140 cm³/mol. The van der Waals surface area contributed by atoms with Crippen molar-refractivity contribution in [3.63, 3.8) is 0 Å². The van der Waals surface area contributed by atoms with Crippen molar-refractivity contribution in [1.82, 2.24) is 0 Å². The van der Waals surface area contributed by atoms with Crippen LogP contribution in [0.4, 0.5) is 17.1 Å². The van der Waals surface area contributed by atoms with E-state index in [1.54, 1.807) is 30.3 Å². The normalized spacial score (nSPS) is 11.0. The minimum atomic E-state index is -4.20. The van der Waals surface area contributed by atoms with Gasteiger partial charge in [-0.2, -0.15) is 0 Å². The topological polar surface area (TPSA) is 110 Å². The van der Waals surface area contributed by atoms with Crippen LogP contribution in [0.1, 0.15) is 0 Å². The zero-order valence-electron chi connectivity index (χ0n) is 18.9. The fraction of sp³-hybridized carbons (Fsp3) is 0.0385. The van der Waals surface area contributed by atoms with Crippen LogP contribution in [0.2, 0.25) is 0 Å². The molecule has 0 saturated carbocycles. The summed E-state index contributed by atoms with van der Waals surface area (Å²) in [6.07, 6.45) is 0. The van der Waals surface area contributed by atoms with Gasteiger partial charge in [0, 0.05) is 21.9 Å². The number of rotatable bonds is 9. The third-order valence-corrected chi connectivity index (χ3v) is 7.95. The van der Waals surface area contributed by atoms with Crippen LogP contribution >= 0.6 is 11.8 Å². The third kappa shape index (κ3) is 5.91. The molecule has 0 atom stereocenters. The first kappa shape index (κ1) is 25.0. The fourth-order valence-electron chi connectivity index (χ4n) is 3.39. The molecule has 36 heavy (non-hydrogen) atoms. The maximum atomic E-state index is 13.5. The Balaban J connectivity index is 1.64. The molecule has 0 aliphatic carbocycles. The highest BCUT2D eigenvalue weighted by Crippen LogP contribution is 2.33. The Morgan fingerprint density at radius 2 is 1.50 bits per heavy atom. The molecular formula is C26H21N3O5S2. The zero-order chi connectivity index (χ0) is 25.5. The van der Waals surface area contributed by atoms with Gasteiger partial charge in [-0.1, -0.05) is 66.4 Å². The summed E-state index contributed by atoms with van der Waals surface area (Å²) in [6, 6.07) is 29.6. The summed E-state index contributed by atoms with van der Waals surface area (Å²) < 4.78 is 27.8.